The first-order valence-electron chi connectivity index (χ1n) is 7.57. The van der Waals surface area contributed by atoms with Crippen LogP contribution in [0.15, 0.2) is 0 Å². The van der Waals surface area contributed by atoms with Gasteiger partial charge in [0.25, 0.3) is 0 Å². The van der Waals surface area contributed by atoms with Crippen LogP contribution in [-0.4, -0.2) is 12.5 Å². The lowest BCUT2D eigenvalue weighted by molar-refractivity contribution is -0.147. The summed E-state index contributed by atoms with van der Waals surface area (Å²) < 4.78 is 0. The van der Waals surface area contributed by atoms with Crippen LogP contribution in [0.1, 0.15) is 65.7 Å². The van der Waals surface area contributed by atoms with E-state index in [2.05, 4.69) is 19.2 Å². The highest BCUT2D eigenvalue weighted by Crippen LogP contribution is 2.70. The van der Waals surface area contributed by atoms with Crippen molar-refractivity contribution in [3.05, 3.63) is 0 Å². The van der Waals surface area contributed by atoms with Gasteiger partial charge in [0.15, 0.2) is 0 Å². The molecule has 4 aliphatic rings. The van der Waals surface area contributed by atoms with Gasteiger partial charge in [0.2, 0.25) is 5.91 Å². The van der Waals surface area contributed by atoms with Gasteiger partial charge in [-0.25, -0.2) is 0 Å². The molecule has 4 saturated carbocycles. The molecule has 4 fully saturated rings. The average molecular weight is 286 g/mol. The van der Waals surface area contributed by atoms with Crippen molar-refractivity contribution in [1.82, 2.24) is 5.32 Å². The minimum atomic E-state index is 0. The average Bonchev–Trinajstić information content (AvgIpc) is 2.09. The highest BCUT2D eigenvalue weighted by molar-refractivity contribution is 5.85. The van der Waals surface area contributed by atoms with Crippen LogP contribution >= 0.6 is 12.4 Å². The van der Waals surface area contributed by atoms with E-state index >= 15 is 0 Å². The molecular weight excluding hydrogens is 258 g/mol. The molecule has 4 rings (SSSR count). The molecule has 1 N–H and O–H groups in total. The van der Waals surface area contributed by atoms with Gasteiger partial charge in [-0.1, -0.05) is 13.8 Å². The Morgan fingerprint density at radius 2 is 1.68 bits per heavy atom. The van der Waals surface area contributed by atoms with Crippen LogP contribution in [0.5, 0.6) is 0 Å². The monoisotopic (exact) mass is 285 g/mol. The highest BCUT2D eigenvalue weighted by Gasteiger charge is 2.59. The van der Waals surface area contributed by atoms with Crippen molar-refractivity contribution in [2.24, 2.45) is 22.2 Å². The number of hydrogen-bond acceptors (Lipinski definition) is 1. The van der Waals surface area contributed by atoms with E-state index in [1.807, 2.05) is 0 Å². The maximum Gasteiger partial charge on any atom is 0.216 e. The number of rotatable bonds is 3. The molecule has 0 heterocycles. The summed E-state index contributed by atoms with van der Waals surface area (Å²) in [4.78, 5) is 11.0. The summed E-state index contributed by atoms with van der Waals surface area (Å²) in [6.07, 6.45) is 9.82. The first-order chi connectivity index (χ1) is 8.32. The van der Waals surface area contributed by atoms with Crippen molar-refractivity contribution in [2.75, 3.05) is 6.54 Å². The molecule has 4 aliphatic carbocycles. The normalized spacial score (nSPS) is 46.8. The van der Waals surface area contributed by atoms with Crippen molar-refractivity contribution in [1.29, 1.82) is 0 Å². The van der Waals surface area contributed by atoms with Crippen LogP contribution in [0.2, 0.25) is 0 Å². The Bertz CT molecular complexity index is 363. The lowest BCUT2D eigenvalue weighted by Gasteiger charge is -2.65. The van der Waals surface area contributed by atoms with Crippen molar-refractivity contribution in [3.8, 4) is 0 Å². The number of nitrogens with one attached hydrogen (secondary N) is 1. The van der Waals surface area contributed by atoms with Crippen molar-refractivity contribution < 1.29 is 4.79 Å². The molecule has 2 atom stereocenters. The predicted molar refractivity (Wildman–Crippen MR) is 80.4 cm³/mol. The Labute approximate surface area is 123 Å². The van der Waals surface area contributed by atoms with Gasteiger partial charge in [-0.2, -0.15) is 0 Å². The molecule has 0 spiro atoms. The fraction of sp³-hybridized carbons (Fsp3) is 0.938. The van der Waals surface area contributed by atoms with E-state index in [9.17, 15) is 4.79 Å². The number of carbonyl (C=O) groups excluding carboxylic acids is 1. The Morgan fingerprint density at radius 3 is 2.16 bits per heavy atom. The molecule has 1 amide bonds. The van der Waals surface area contributed by atoms with Crippen molar-refractivity contribution in [2.45, 2.75) is 65.7 Å². The number of carbonyl (C=O) groups is 1. The third-order valence-electron chi connectivity index (χ3n) is 5.77. The molecule has 110 valence electrons. The van der Waals surface area contributed by atoms with Crippen molar-refractivity contribution >= 4 is 18.3 Å². The van der Waals surface area contributed by atoms with Gasteiger partial charge < -0.3 is 5.32 Å². The summed E-state index contributed by atoms with van der Waals surface area (Å²) in [5.41, 5.74) is 1.75. The minimum Gasteiger partial charge on any atom is -0.356 e. The molecule has 0 radical (unpaired) electrons. The molecular formula is C16H28ClNO. The Hall–Kier alpha value is -0.240. The van der Waals surface area contributed by atoms with E-state index in [0.717, 1.165) is 12.5 Å². The second-order valence-corrected chi connectivity index (χ2v) is 8.36. The molecule has 0 aliphatic heterocycles. The van der Waals surface area contributed by atoms with Gasteiger partial charge in [0, 0.05) is 13.5 Å². The summed E-state index contributed by atoms with van der Waals surface area (Å²) in [5, 5.41) is 3.01. The van der Waals surface area contributed by atoms with Crippen LogP contribution in [0, 0.1) is 22.2 Å². The molecule has 3 heteroatoms. The number of amides is 1. The van der Waals surface area contributed by atoms with E-state index in [-0.39, 0.29) is 18.3 Å². The summed E-state index contributed by atoms with van der Waals surface area (Å²) in [7, 11) is 0. The van der Waals surface area contributed by atoms with Crippen LogP contribution < -0.4 is 5.32 Å². The molecule has 2 nitrogen and oxygen atoms in total. The second-order valence-electron chi connectivity index (χ2n) is 8.36. The smallest absolute Gasteiger partial charge is 0.216 e. The molecule has 19 heavy (non-hydrogen) atoms. The summed E-state index contributed by atoms with van der Waals surface area (Å²) >= 11 is 0. The van der Waals surface area contributed by atoms with Crippen molar-refractivity contribution in [3.63, 3.8) is 0 Å². The highest BCUT2D eigenvalue weighted by atomic mass is 35.5. The first kappa shape index (κ1) is 15.2. The van der Waals surface area contributed by atoms with Gasteiger partial charge in [-0.3, -0.25) is 4.79 Å². The van der Waals surface area contributed by atoms with Crippen LogP contribution in [-0.2, 0) is 4.79 Å². The standard InChI is InChI=1S/C16H27NO.ClH/c1-12(18)17-5-4-16-8-13-6-14(2,10-16)9-15(3,7-13)11-16;/h13H,4-11H2,1-3H3,(H,17,18);1H. The van der Waals surface area contributed by atoms with Gasteiger partial charge in [-0.15, -0.1) is 12.4 Å². The topological polar surface area (TPSA) is 29.1 Å². The zero-order chi connectivity index (χ0) is 13.0. The summed E-state index contributed by atoms with van der Waals surface area (Å²) in [6, 6.07) is 0. The zero-order valence-electron chi connectivity index (χ0n) is 12.6. The molecule has 0 aromatic carbocycles. The number of hydrogen-bond donors (Lipinski definition) is 1. The number of halogens is 1. The Morgan fingerprint density at radius 1 is 1.11 bits per heavy atom. The van der Waals surface area contributed by atoms with Gasteiger partial charge in [-0.05, 0) is 67.1 Å². The maximum absolute atomic E-state index is 11.0. The second kappa shape index (κ2) is 4.65. The Balaban J connectivity index is 0.00000133. The van der Waals surface area contributed by atoms with Crippen LogP contribution in [0.25, 0.3) is 0 Å². The third kappa shape index (κ3) is 2.79. The van der Waals surface area contributed by atoms with E-state index in [4.69, 9.17) is 0 Å². The molecule has 4 bridgehead atoms. The van der Waals surface area contributed by atoms with E-state index < -0.39 is 0 Å². The summed E-state index contributed by atoms with van der Waals surface area (Å²) in [6.45, 7) is 7.54. The molecule has 0 aromatic heterocycles. The quantitative estimate of drug-likeness (QED) is 0.836. The lowest BCUT2D eigenvalue weighted by Crippen LogP contribution is -2.55. The van der Waals surface area contributed by atoms with Gasteiger partial charge >= 0.3 is 0 Å². The Kier molecular flexibility index (Phi) is 3.71. The fourth-order valence-electron chi connectivity index (χ4n) is 6.47. The van der Waals surface area contributed by atoms with E-state index in [1.165, 1.54) is 44.9 Å². The van der Waals surface area contributed by atoms with Gasteiger partial charge in [0.1, 0.15) is 0 Å². The predicted octanol–water partition coefficient (Wildman–Crippen LogP) is 3.93. The molecule has 0 aromatic rings. The zero-order valence-corrected chi connectivity index (χ0v) is 13.4. The summed E-state index contributed by atoms with van der Waals surface area (Å²) in [5.74, 6) is 1.09. The first-order valence-corrected chi connectivity index (χ1v) is 7.57. The van der Waals surface area contributed by atoms with E-state index in [0.29, 0.717) is 16.2 Å². The molecule has 2 unspecified atom stereocenters. The van der Waals surface area contributed by atoms with Crippen LogP contribution in [0.3, 0.4) is 0 Å². The van der Waals surface area contributed by atoms with Crippen LogP contribution in [0.4, 0.5) is 0 Å². The molecule has 0 saturated heterocycles. The SMILES string of the molecule is CC(=O)NCCC12CC3CC(C)(CC(C)(C3)C1)C2.Cl. The lowest BCUT2D eigenvalue weighted by atomic mass is 9.40. The minimum absolute atomic E-state index is 0. The van der Waals surface area contributed by atoms with Gasteiger partial charge in [0.05, 0.1) is 0 Å². The third-order valence-corrected chi connectivity index (χ3v) is 5.77. The van der Waals surface area contributed by atoms with E-state index in [1.54, 1.807) is 6.92 Å². The largest absolute Gasteiger partial charge is 0.356 e. The maximum atomic E-state index is 11.0. The fourth-order valence-corrected chi connectivity index (χ4v) is 6.47.